The number of carboxylic acid groups (broad SMARTS) is 1. The van der Waals surface area contributed by atoms with Crippen molar-refractivity contribution >= 4 is 11.8 Å². The Morgan fingerprint density at radius 1 is 1.57 bits per heavy atom. The maximum absolute atomic E-state index is 11.4. The highest BCUT2D eigenvalue weighted by Gasteiger charge is 2.28. The monoisotopic (exact) mass is 193 g/mol. The van der Waals surface area contributed by atoms with Gasteiger partial charge >= 0.3 is 5.97 Å². The van der Waals surface area contributed by atoms with Gasteiger partial charge in [-0.15, -0.1) is 0 Å². The first-order chi connectivity index (χ1) is 6.65. The van der Waals surface area contributed by atoms with E-state index in [-0.39, 0.29) is 11.5 Å². The molecule has 0 atom stereocenters. The molecular formula is C10H11NO3. The van der Waals surface area contributed by atoms with Crippen molar-refractivity contribution in [2.24, 2.45) is 0 Å². The first-order valence-electron chi connectivity index (χ1n) is 4.63. The molecule has 1 N–H and O–H groups in total. The lowest BCUT2D eigenvalue weighted by molar-refractivity contribution is 0.0683. The van der Waals surface area contributed by atoms with E-state index in [0.29, 0.717) is 30.5 Å². The molecule has 0 spiro atoms. The zero-order chi connectivity index (χ0) is 10.3. The van der Waals surface area contributed by atoms with Gasteiger partial charge in [-0.25, -0.2) is 4.79 Å². The average molecular weight is 193 g/mol. The number of aromatic nitrogens is 1. The minimum Gasteiger partial charge on any atom is -0.477 e. The molecule has 1 aromatic heterocycles. The van der Waals surface area contributed by atoms with Crippen molar-refractivity contribution in [3.63, 3.8) is 0 Å². The molecule has 1 aromatic rings. The Labute approximate surface area is 81.2 Å². The first kappa shape index (κ1) is 8.99. The summed E-state index contributed by atoms with van der Waals surface area (Å²) < 4.78 is 1.63. The van der Waals surface area contributed by atoms with Gasteiger partial charge in [0.1, 0.15) is 5.69 Å². The van der Waals surface area contributed by atoms with Crippen molar-refractivity contribution < 1.29 is 14.7 Å². The molecule has 0 aromatic carbocycles. The number of rotatable bonds is 2. The molecule has 14 heavy (non-hydrogen) atoms. The van der Waals surface area contributed by atoms with Gasteiger partial charge in [0.25, 0.3) is 0 Å². The molecule has 1 aliphatic rings. The summed E-state index contributed by atoms with van der Waals surface area (Å²) in [5.41, 5.74) is 1.60. The highest BCUT2D eigenvalue weighted by Crippen LogP contribution is 2.27. The predicted octanol–water partition coefficient (Wildman–Crippen LogP) is 1.34. The third-order valence-electron chi connectivity index (χ3n) is 2.63. The van der Waals surface area contributed by atoms with Crippen LogP contribution in [0.1, 0.15) is 39.8 Å². The summed E-state index contributed by atoms with van der Waals surface area (Å²) in [4.78, 5) is 22.3. The third-order valence-corrected chi connectivity index (χ3v) is 2.63. The summed E-state index contributed by atoms with van der Waals surface area (Å²) in [7, 11) is 0. The van der Waals surface area contributed by atoms with Gasteiger partial charge in [-0.1, -0.05) is 0 Å². The van der Waals surface area contributed by atoms with E-state index >= 15 is 0 Å². The van der Waals surface area contributed by atoms with Crippen LogP contribution in [0.4, 0.5) is 0 Å². The fourth-order valence-electron chi connectivity index (χ4n) is 1.97. The SMILES string of the molecule is CCn1cc2c(c1C(=O)O)CCC2=O. The molecule has 0 radical (unpaired) electrons. The molecule has 0 bridgehead atoms. The highest BCUT2D eigenvalue weighted by molar-refractivity contribution is 6.04. The second-order valence-electron chi connectivity index (χ2n) is 3.38. The fourth-order valence-corrected chi connectivity index (χ4v) is 1.97. The van der Waals surface area contributed by atoms with E-state index in [0.717, 1.165) is 0 Å². The van der Waals surface area contributed by atoms with E-state index < -0.39 is 5.97 Å². The summed E-state index contributed by atoms with van der Waals surface area (Å²) in [6.07, 6.45) is 2.69. The van der Waals surface area contributed by atoms with Crippen LogP contribution < -0.4 is 0 Å². The Bertz CT molecular complexity index is 417. The first-order valence-corrected chi connectivity index (χ1v) is 4.63. The molecule has 0 saturated heterocycles. The van der Waals surface area contributed by atoms with Crippen LogP contribution in [0.2, 0.25) is 0 Å². The number of carboxylic acids is 1. The van der Waals surface area contributed by atoms with Crippen LogP contribution in [0, 0.1) is 0 Å². The molecule has 0 fully saturated rings. The van der Waals surface area contributed by atoms with Crippen LogP contribution in [0.3, 0.4) is 0 Å². The van der Waals surface area contributed by atoms with Crippen molar-refractivity contribution in [1.29, 1.82) is 0 Å². The molecular weight excluding hydrogens is 182 g/mol. The van der Waals surface area contributed by atoms with Crippen molar-refractivity contribution in [2.75, 3.05) is 0 Å². The number of carbonyl (C=O) groups excluding carboxylic acids is 1. The van der Waals surface area contributed by atoms with Crippen LogP contribution in [-0.4, -0.2) is 21.4 Å². The quantitative estimate of drug-likeness (QED) is 0.770. The molecule has 4 nitrogen and oxygen atoms in total. The van der Waals surface area contributed by atoms with E-state index in [4.69, 9.17) is 5.11 Å². The topological polar surface area (TPSA) is 59.3 Å². The number of hydrogen-bond donors (Lipinski definition) is 1. The van der Waals surface area contributed by atoms with Gasteiger partial charge < -0.3 is 9.67 Å². The normalized spacial score (nSPS) is 14.5. The van der Waals surface area contributed by atoms with Gasteiger partial charge in [0, 0.05) is 24.7 Å². The smallest absolute Gasteiger partial charge is 0.352 e. The Morgan fingerprint density at radius 2 is 2.29 bits per heavy atom. The predicted molar refractivity (Wildman–Crippen MR) is 49.7 cm³/mol. The molecule has 1 heterocycles. The minimum absolute atomic E-state index is 0.0645. The Morgan fingerprint density at radius 3 is 2.86 bits per heavy atom. The number of carbonyl (C=O) groups is 2. The number of Topliss-reactive ketones (excluding diaryl/α,β-unsaturated/α-hetero) is 1. The Balaban J connectivity index is 2.62. The lowest BCUT2D eigenvalue weighted by Gasteiger charge is -2.02. The zero-order valence-corrected chi connectivity index (χ0v) is 7.91. The van der Waals surface area contributed by atoms with Gasteiger partial charge in [0.15, 0.2) is 5.78 Å². The van der Waals surface area contributed by atoms with Gasteiger partial charge in [0.05, 0.1) is 0 Å². The Kier molecular flexibility index (Phi) is 1.91. The van der Waals surface area contributed by atoms with Crippen LogP contribution in [0.25, 0.3) is 0 Å². The highest BCUT2D eigenvalue weighted by atomic mass is 16.4. The summed E-state index contributed by atoms with van der Waals surface area (Å²) in [5, 5.41) is 9.00. The molecule has 1 aliphatic carbocycles. The van der Waals surface area contributed by atoms with E-state index in [1.165, 1.54) is 0 Å². The lowest BCUT2D eigenvalue weighted by Crippen LogP contribution is -2.08. The summed E-state index contributed by atoms with van der Waals surface area (Å²) >= 11 is 0. The molecule has 0 aliphatic heterocycles. The Hall–Kier alpha value is -1.58. The molecule has 0 unspecified atom stereocenters. The van der Waals surface area contributed by atoms with Crippen LogP contribution >= 0.6 is 0 Å². The number of nitrogens with zero attached hydrogens (tertiary/aromatic N) is 1. The van der Waals surface area contributed by atoms with E-state index in [1.807, 2.05) is 6.92 Å². The van der Waals surface area contributed by atoms with Gasteiger partial charge in [-0.05, 0) is 18.9 Å². The minimum atomic E-state index is -0.942. The fraction of sp³-hybridized carbons (Fsp3) is 0.400. The van der Waals surface area contributed by atoms with Crippen LogP contribution in [-0.2, 0) is 13.0 Å². The van der Waals surface area contributed by atoms with E-state index in [2.05, 4.69) is 0 Å². The van der Waals surface area contributed by atoms with E-state index in [1.54, 1.807) is 10.8 Å². The summed E-state index contributed by atoms with van der Waals surface area (Å²) in [5.74, 6) is -0.877. The summed E-state index contributed by atoms with van der Waals surface area (Å²) in [6.45, 7) is 2.45. The molecule has 2 rings (SSSR count). The number of aromatic carboxylic acids is 1. The van der Waals surface area contributed by atoms with Crippen molar-refractivity contribution in [1.82, 2.24) is 4.57 Å². The average Bonchev–Trinajstić information content (AvgIpc) is 2.65. The van der Waals surface area contributed by atoms with Crippen LogP contribution in [0.15, 0.2) is 6.20 Å². The van der Waals surface area contributed by atoms with Gasteiger partial charge in [-0.3, -0.25) is 4.79 Å². The summed E-state index contributed by atoms with van der Waals surface area (Å²) in [6, 6.07) is 0. The van der Waals surface area contributed by atoms with Crippen molar-refractivity contribution in [3.8, 4) is 0 Å². The number of fused-ring (bicyclic) bond motifs is 1. The number of hydrogen-bond acceptors (Lipinski definition) is 2. The maximum atomic E-state index is 11.4. The maximum Gasteiger partial charge on any atom is 0.352 e. The molecule has 0 saturated carbocycles. The number of ketones is 1. The van der Waals surface area contributed by atoms with E-state index in [9.17, 15) is 9.59 Å². The molecule has 74 valence electrons. The molecule has 4 heteroatoms. The lowest BCUT2D eigenvalue weighted by atomic mass is 10.2. The second-order valence-corrected chi connectivity index (χ2v) is 3.38. The molecule has 0 amide bonds. The van der Waals surface area contributed by atoms with Crippen molar-refractivity contribution in [2.45, 2.75) is 26.3 Å². The standard InChI is InChI=1S/C10H11NO3/c1-2-11-5-7-6(3-4-8(7)12)9(11)10(13)14/h5H,2-4H2,1H3,(H,13,14). The third kappa shape index (κ3) is 1.07. The second kappa shape index (κ2) is 2.97. The van der Waals surface area contributed by atoms with Gasteiger partial charge in [0.2, 0.25) is 0 Å². The van der Waals surface area contributed by atoms with Crippen molar-refractivity contribution in [3.05, 3.63) is 23.0 Å². The van der Waals surface area contributed by atoms with Crippen LogP contribution in [0.5, 0.6) is 0 Å². The van der Waals surface area contributed by atoms with Gasteiger partial charge in [-0.2, -0.15) is 0 Å². The number of aryl methyl sites for hydroxylation is 1. The zero-order valence-electron chi connectivity index (χ0n) is 7.91. The largest absolute Gasteiger partial charge is 0.477 e.